The molecule has 0 amide bonds. The summed E-state index contributed by atoms with van der Waals surface area (Å²) in [7, 11) is 1.24. The number of carbonyl (C=O) groups excluding carboxylic acids is 4. The summed E-state index contributed by atoms with van der Waals surface area (Å²) in [5, 5.41) is 9.50. The monoisotopic (exact) mass is 415 g/mol. The van der Waals surface area contributed by atoms with Crippen LogP contribution in [-0.2, 0) is 47.6 Å². The number of esters is 4. The maximum Gasteiger partial charge on any atom is 0.307 e. The van der Waals surface area contributed by atoms with Crippen LogP contribution in [0.3, 0.4) is 0 Å². The maximum atomic E-state index is 11.9. The van der Waals surface area contributed by atoms with Crippen molar-refractivity contribution in [1.82, 2.24) is 0 Å². The lowest BCUT2D eigenvalue weighted by molar-refractivity contribution is -0.307. The van der Waals surface area contributed by atoms with Crippen molar-refractivity contribution < 1.29 is 47.6 Å². The summed E-state index contributed by atoms with van der Waals surface area (Å²) >= 11 is 0. The molecule has 0 aromatic heterocycles. The van der Waals surface area contributed by atoms with Gasteiger partial charge in [-0.3, -0.25) is 19.2 Å². The molecule has 1 saturated heterocycles. The van der Waals surface area contributed by atoms with Gasteiger partial charge in [-0.25, -0.2) is 0 Å². The minimum atomic E-state index is -1.51. The van der Waals surface area contributed by atoms with Crippen LogP contribution in [-0.4, -0.2) is 67.8 Å². The molecule has 1 aliphatic heterocycles. The van der Waals surface area contributed by atoms with Crippen LogP contribution >= 0.6 is 0 Å². The molecule has 1 aliphatic rings. The summed E-state index contributed by atoms with van der Waals surface area (Å²) in [6.45, 7) is 5.07. The molecule has 6 atom stereocenters. The summed E-state index contributed by atoms with van der Waals surface area (Å²) < 4.78 is 31.5. The van der Waals surface area contributed by atoms with Crippen LogP contribution < -0.4 is 0 Å². The fourth-order valence-electron chi connectivity index (χ4n) is 2.81. The van der Waals surface area contributed by atoms with Gasteiger partial charge in [0.05, 0.1) is 0 Å². The number of hydrogen-bond acceptors (Lipinski definition) is 11. The van der Waals surface area contributed by atoms with Crippen molar-refractivity contribution in [1.29, 1.82) is 5.26 Å². The maximum absolute atomic E-state index is 11.9. The third-order valence-electron chi connectivity index (χ3n) is 3.81. The fourth-order valence-corrected chi connectivity index (χ4v) is 2.81. The molecule has 0 spiro atoms. The lowest BCUT2D eigenvalue weighted by Crippen LogP contribution is -2.64. The van der Waals surface area contributed by atoms with Crippen LogP contribution in [0.5, 0.6) is 0 Å². The van der Waals surface area contributed by atoms with Crippen LogP contribution in [0.2, 0.25) is 0 Å². The van der Waals surface area contributed by atoms with Gasteiger partial charge < -0.3 is 28.4 Å². The Morgan fingerprint density at radius 2 is 1.48 bits per heavy atom. The second-order valence-electron chi connectivity index (χ2n) is 6.22. The predicted octanol–water partition coefficient (Wildman–Crippen LogP) is 0.388. The largest absolute Gasteiger partial charge is 0.455 e. The number of hydrogen-bond donors (Lipinski definition) is 0. The van der Waals surface area contributed by atoms with E-state index in [0.717, 1.165) is 20.8 Å². The van der Waals surface area contributed by atoms with Crippen LogP contribution in [0.1, 0.15) is 40.5 Å². The Hall–Kier alpha value is -2.71. The molecule has 0 saturated carbocycles. The van der Waals surface area contributed by atoms with Crippen molar-refractivity contribution in [3.05, 3.63) is 0 Å². The average molecular weight is 415 g/mol. The van der Waals surface area contributed by atoms with Crippen molar-refractivity contribution in [2.24, 2.45) is 0 Å². The molecule has 0 aromatic carbocycles. The average Bonchev–Trinajstić information content (AvgIpc) is 2.62. The first-order valence-electron chi connectivity index (χ1n) is 8.93. The number of rotatable bonds is 8. The number of methoxy groups -OCH3 is 1. The number of nitriles is 1. The number of nitrogens with zero attached hydrogens (tertiary/aromatic N) is 1. The van der Waals surface area contributed by atoms with Crippen molar-refractivity contribution in [2.45, 2.75) is 77.3 Å². The highest BCUT2D eigenvalue weighted by molar-refractivity contribution is 5.70. The van der Waals surface area contributed by atoms with E-state index in [2.05, 4.69) is 0 Å². The minimum Gasteiger partial charge on any atom is -0.455 e. The van der Waals surface area contributed by atoms with Gasteiger partial charge >= 0.3 is 23.9 Å². The molecule has 1 rings (SSSR count). The van der Waals surface area contributed by atoms with Crippen molar-refractivity contribution in [2.75, 3.05) is 7.11 Å². The normalized spacial score (nSPS) is 27.1. The topological polar surface area (TPSA) is 147 Å². The minimum absolute atomic E-state index is 0.0558. The van der Waals surface area contributed by atoms with E-state index >= 15 is 0 Å². The number of carbonyl (C=O) groups is 4. The number of ether oxygens (including phenoxy) is 6. The van der Waals surface area contributed by atoms with E-state index in [9.17, 15) is 24.4 Å². The molecule has 0 aliphatic carbocycles. The van der Waals surface area contributed by atoms with Gasteiger partial charge in [0.1, 0.15) is 6.07 Å². The van der Waals surface area contributed by atoms with E-state index in [-0.39, 0.29) is 6.42 Å². The Kier molecular flexibility index (Phi) is 9.50. The molecule has 29 heavy (non-hydrogen) atoms. The zero-order valence-electron chi connectivity index (χ0n) is 16.9. The van der Waals surface area contributed by atoms with Gasteiger partial charge in [0, 0.05) is 34.3 Å². The predicted molar refractivity (Wildman–Crippen MR) is 92.7 cm³/mol. The Morgan fingerprint density at radius 1 is 0.966 bits per heavy atom. The highest BCUT2D eigenvalue weighted by atomic mass is 16.7. The smallest absolute Gasteiger partial charge is 0.307 e. The highest BCUT2D eigenvalue weighted by Gasteiger charge is 2.55. The lowest BCUT2D eigenvalue weighted by Gasteiger charge is -2.44. The quantitative estimate of drug-likeness (QED) is 0.400. The van der Waals surface area contributed by atoms with Gasteiger partial charge in [0.25, 0.3) is 0 Å². The van der Waals surface area contributed by atoms with E-state index in [1.165, 1.54) is 7.11 Å². The molecule has 162 valence electrons. The van der Waals surface area contributed by atoms with Crippen molar-refractivity contribution in [3.63, 3.8) is 0 Å². The summed E-state index contributed by atoms with van der Waals surface area (Å²) in [5.41, 5.74) is 0. The molecule has 1 heterocycles. The second-order valence-corrected chi connectivity index (χ2v) is 6.22. The molecule has 0 unspecified atom stereocenters. The molecular formula is C18H25NO10. The SMILES string of the molecule is CCCC(=O)O[C@H](C#N)[C@H]1O[C@H](OC)[C@H](OC(C)=O)[C@@H](OC(C)=O)[C@H]1OC(C)=O. The van der Waals surface area contributed by atoms with E-state index in [1.54, 1.807) is 13.0 Å². The molecule has 1 fully saturated rings. The van der Waals surface area contributed by atoms with E-state index in [4.69, 9.17) is 28.4 Å². The Bertz CT molecular complexity index is 658. The van der Waals surface area contributed by atoms with Gasteiger partial charge in [0.2, 0.25) is 6.10 Å². The van der Waals surface area contributed by atoms with Gasteiger partial charge in [0.15, 0.2) is 30.7 Å². The Balaban J connectivity index is 3.35. The molecule has 0 bridgehead atoms. The van der Waals surface area contributed by atoms with E-state index in [0.29, 0.717) is 6.42 Å². The zero-order chi connectivity index (χ0) is 22.1. The first-order valence-corrected chi connectivity index (χ1v) is 8.93. The van der Waals surface area contributed by atoms with Gasteiger partial charge in [-0.05, 0) is 6.42 Å². The van der Waals surface area contributed by atoms with Gasteiger partial charge in [-0.2, -0.15) is 5.26 Å². The first kappa shape index (κ1) is 24.3. The highest BCUT2D eigenvalue weighted by Crippen LogP contribution is 2.31. The van der Waals surface area contributed by atoms with Crippen LogP contribution in [0.15, 0.2) is 0 Å². The zero-order valence-corrected chi connectivity index (χ0v) is 16.9. The van der Waals surface area contributed by atoms with E-state index in [1.807, 2.05) is 0 Å². The molecule has 11 nitrogen and oxygen atoms in total. The van der Waals surface area contributed by atoms with Crippen LogP contribution in [0.4, 0.5) is 0 Å². The Morgan fingerprint density at radius 3 is 1.93 bits per heavy atom. The second kappa shape index (κ2) is 11.3. The standard InChI is InChI=1S/C18H25NO10/c1-6-7-13(23)28-12(8-19)14-15(25-9(2)20)16(26-10(3)21)17(27-11(4)22)18(24-5)29-14/h12,14-18H,6-7H2,1-5H3/t12-,14-,15+,16+,17-,18+/m1/s1. The summed E-state index contributed by atoms with van der Waals surface area (Å²) in [4.78, 5) is 46.7. The van der Waals surface area contributed by atoms with Crippen molar-refractivity contribution >= 4 is 23.9 Å². The first-order chi connectivity index (χ1) is 13.6. The lowest BCUT2D eigenvalue weighted by atomic mass is 9.94. The van der Waals surface area contributed by atoms with E-state index < -0.39 is 60.7 Å². The Labute approximate surface area is 168 Å². The molecular weight excluding hydrogens is 390 g/mol. The summed E-state index contributed by atoms with van der Waals surface area (Å²) in [6, 6.07) is 1.78. The van der Waals surface area contributed by atoms with Crippen LogP contribution in [0, 0.1) is 11.3 Å². The molecule has 0 aromatic rings. The third kappa shape index (κ3) is 6.99. The van der Waals surface area contributed by atoms with Crippen LogP contribution in [0.25, 0.3) is 0 Å². The van der Waals surface area contributed by atoms with Gasteiger partial charge in [-0.15, -0.1) is 0 Å². The van der Waals surface area contributed by atoms with Crippen molar-refractivity contribution in [3.8, 4) is 6.07 Å². The fraction of sp³-hybridized carbons (Fsp3) is 0.722. The molecule has 0 radical (unpaired) electrons. The summed E-state index contributed by atoms with van der Waals surface area (Å²) in [6.07, 6.45) is -7.70. The summed E-state index contributed by atoms with van der Waals surface area (Å²) in [5.74, 6) is -2.94. The molecule has 11 heteroatoms. The molecule has 0 N–H and O–H groups in total. The third-order valence-corrected chi connectivity index (χ3v) is 3.81. The van der Waals surface area contributed by atoms with Gasteiger partial charge in [-0.1, -0.05) is 6.92 Å².